The molecule has 1 aromatic rings. The summed E-state index contributed by atoms with van der Waals surface area (Å²) in [4.78, 5) is 4.09. The van der Waals surface area contributed by atoms with Crippen LogP contribution in [0.5, 0.6) is 0 Å². The highest BCUT2D eigenvalue weighted by molar-refractivity contribution is 6.30. The zero-order chi connectivity index (χ0) is 14.0. The van der Waals surface area contributed by atoms with Crippen molar-refractivity contribution in [3.8, 4) is 0 Å². The summed E-state index contributed by atoms with van der Waals surface area (Å²) < 4.78 is 37.9. The second-order valence-corrected chi connectivity index (χ2v) is 5.15. The summed E-state index contributed by atoms with van der Waals surface area (Å²) in [6.07, 6.45) is -0.365. The van der Waals surface area contributed by atoms with Gasteiger partial charge in [-0.1, -0.05) is 24.4 Å². The summed E-state index contributed by atoms with van der Waals surface area (Å²) in [7, 11) is 0. The average molecular weight is 291 g/mol. The lowest BCUT2D eigenvalue weighted by atomic mass is 10.1. The zero-order valence-corrected chi connectivity index (χ0v) is 10.9. The lowest BCUT2D eigenvalue weighted by molar-refractivity contribution is -0.137. The monoisotopic (exact) mass is 290 g/mol. The quantitative estimate of drug-likeness (QED) is 0.630. The van der Waals surface area contributed by atoms with E-state index in [1.165, 1.54) is 6.07 Å². The van der Waals surface area contributed by atoms with Crippen molar-refractivity contribution >= 4 is 23.1 Å². The molecule has 0 saturated heterocycles. The van der Waals surface area contributed by atoms with E-state index in [0.29, 0.717) is 5.84 Å². The molecule has 2 rings (SSSR count). The number of nitrogens with two attached hydrogens (primary N) is 1. The molecule has 2 N–H and O–H groups in total. The van der Waals surface area contributed by atoms with Crippen molar-refractivity contribution in [1.82, 2.24) is 0 Å². The number of alkyl halides is 3. The number of hydrogen-bond donors (Lipinski definition) is 1. The Morgan fingerprint density at radius 2 is 1.84 bits per heavy atom. The molecule has 6 heteroatoms. The Morgan fingerprint density at radius 3 is 2.42 bits per heavy atom. The molecule has 0 radical (unpaired) electrons. The largest absolute Gasteiger partial charge is 0.416 e. The second kappa shape index (κ2) is 5.41. The third-order valence-corrected chi connectivity index (χ3v) is 3.46. The second-order valence-electron chi connectivity index (χ2n) is 4.71. The molecule has 0 spiro atoms. The van der Waals surface area contributed by atoms with Crippen LogP contribution in [0.2, 0.25) is 5.02 Å². The van der Waals surface area contributed by atoms with Crippen molar-refractivity contribution < 1.29 is 13.2 Å². The van der Waals surface area contributed by atoms with Crippen LogP contribution in [-0.2, 0) is 6.18 Å². The van der Waals surface area contributed by atoms with Gasteiger partial charge in [0.2, 0.25) is 0 Å². The molecule has 0 aromatic heterocycles. The van der Waals surface area contributed by atoms with E-state index in [1.54, 1.807) is 0 Å². The van der Waals surface area contributed by atoms with Crippen molar-refractivity contribution in [2.24, 2.45) is 16.6 Å². The fourth-order valence-corrected chi connectivity index (χ4v) is 2.49. The predicted octanol–water partition coefficient (Wildman–Crippen LogP) is 4.54. The molecule has 0 bridgehead atoms. The summed E-state index contributed by atoms with van der Waals surface area (Å²) in [6, 6.07) is 3.23. The Hall–Kier alpha value is -1.23. The minimum atomic E-state index is -4.43. The number of hydrogen-bond acceptors (Lipinski definition) is 1. The molecule has 0 amide bonds. The van der Waals surface area contributed by atoms with Crippen LogP contribution >= 0.6 is 11.6 Å². The first kappa shape index (κ1) is 14.2. The van der Waals surface area contributed by atoms with Crippen LogP contribution < -0.4 is 5.73 Å². The molecule has 1 saturated carbocycles. The van der Waals surface area contributed by atoms with Crippen molar-refractivity contribution in [2.45, 2.75) is 31.9 Å². The molecule has 1 aromatic carbocycles. The molecule has 0 aliphatic heterocycles. The first-order chi connectivity index (χ1) is 8.86. The molecule has 0 unspecified atom stereocenters. The van der Waals surface area contributed by atoms with Crippen LogP contribution in [0.4, 0.5) is 18.9 Å². The maximum atomic E-state index is 12.6. The van der Waals surface area contributed by atoms with Gasteiger partial charge in [0.15, 0.2) is 0 Å². The number of halogens is 4. The van der Waals surface area contributed by atoms with Gasteiger partial charge in [0.1, 0.15) is 5.84 Å². The van der Waals surface area contributed by atoms with Crippen LogP contribution in [0.25, 0.3) is 0 Å². The van der Waals surface area contributed by atoms with Gasteiger partial charge in [0, 0.05) is 10.9 Å². The van der Waals surface area contributed by atoms with E-state index in [4.69, 9.17) is 17.3 Å². The van der Waals surface area contributed by atoms with Crippen LogP contribution in [0.15, 0.2) is 23.2 Å². The fraction of sp³-hybridized carbons (Fsp3) is 0.462. The molecule has 104 valence electrons. The number of rotatable bonds is 2. The molecule has 1 aliphatic rings. The number of aliphatic imine (C=N–C) groups is 1. The van der Waals surface area contributed by atoms with Crippen molar-refractivity contribution in [2.75, 3.05) is 0 Å². The van der Waals surface area contributed by atoms with E-state index in [9.17, 15) is 13.2 Å². The minimum Gasteiger partial charge on any atom is -0.387 e. The summed E-state index contributed by atoms with van der Waals surface area (Å²) in [6.45, 7) is 0. The summed E-state index contributed by atoms with van der Waals surface area (Å²) in [5.41, 5.74) is 5.20. The predicted molar refractivity (Wildman–Crippen MR) is 69.7 cm³/mol. The molecule has 1 aliphatic carbocycles. The van der Waals surface area contributed by atoms with Crippen molar-refractivity contribution in [3.05, 3.63) is 28.8 Å². The molecule has 19 heavy (non-hydrogen) atoms. The summed E-state index contributed by atoms with van der Waals surface area (Å²) in [5, 5.41) is 0.00722. The molecule has 2 nitrogen and oxygen atoms in total. The Morgan fingerprint density at radius 1 is 1.21 bits per heavy atom. The van der Waals surface area contributed by atoms with E-state index < -0.39 is 11.7 Å². The molecule has 1 fully saturated rings. The highest BCUT2D eigenvalue weighted by atomic mass is 35.5. The Kier molecular flexibility index (Phi) is 4.04. The highest BCUT2D eigenvalue weighted by Gasteiger charge is 2.31. The molecule has 0 heterocycles. The van der Waals surface area contributed by atoms with Gasteiger partial charge in [-0.05, 0) is 31.0 Å². The van der Waals surface area contributed by atoms with Crippen molar-refractivity contribution in [1.29, 1.82) is 0 Å². The van der Waals surface area contributed by atoms with E-state index in [0.717, 1.165) is 37.8 Å². The normalized spacial score (nSPS) is 18.0. The molecular formula is C13H14ClF3N2. The SMILES string of the molecule is NC(=Nc1cc(Cl)cc(C(F)(F)F)c1)C1CCCC1. The van der Waals surface area contributed by atoms with Crippen LogP contribution in [-0.4, -0.2) is 5.84 Å². The van der Waals surface area contributed by atoms with E-state index in [1.807, 2.05) is 0 Å². The van der Waals surface area contributed by atoms with Crippen molar-refractivity contribution in [3.63, 3.8) is 0 Å². The summed E-state index contributed by atoms with van der Waals surface area (Å²) in [5.74, 6) is 0.571. The third-order valence-electron chi connectivity index (χ3n) is 3.24. The van der Waals surface area contributed by atoms with Gasteiger partial charge in [0.05, 0.1) is 11.3 Å². The maximum Gasteiger partial charge on any atom is 0.416 e. The zero-order valence-electron chi connectivity index (χ0n) is 10.2. The van der Waals surface area contributed by atoms with Gasteiger partial charge in [0.25, 0.3) is 0 Å². The van der Waals surface area contributed by atoms with Gasteiger partial charge in [-0.3, -0.25) is 0 Å². The Labute approximate surface area is 114 Å². The third kappa shape index (κ3) is 3.62. The van der Waals surface area contributed by atoms with Gasteiger partial charge < -0.3 is 5.73 Å². The summed E-state index contributed by atoms with van der Waals surface area (Å²) >= 11 is 5.69. The average Bonchev–Trinajstić information content (AvgIpc) is 2.80. The number of benzene rings is 1. The van der Waals surface area contributed by atoms with Gasteiger partial charge in [-0.15, -0.1) is 0 Å². The number of amidine groups is 1. The number of nitrogens with zero attached hydrogens (tertiary/aromatic N) is 1. The topological polar surface area (TPSA) is 38.4 Å². The van der Waals surface area contributed by atoms with Crippen LogP contribution in [0.1, 0.15) is 31.2 Å². The van der Waals surface area contributed by atoms with E-state index >= 15 is 0 Å². The molecule has 0 atom stereocenters. The lowest BCUT2D eigenvalue weighted by Gasteiger charge is -2.10. The first-order valence-electron chi connectivity index (χ1n) is 6.08. The lowest BCUT2D eigenvalue weighted by Crippen LogP contribution is -2.20. The standard InChI is InChI=1S/C13H14ClF3N2/c14-10-5-9(13(15,16)17)6-11(7-10)19-12(18)8-3-1-2-4-8/h5-8H,1-4H2,(H2,18,19). The van der Waals surface area contributed by atoms with E-state index in [-0.39, 0.29) is 16.6 Å². The highest BCUT2D eigenvalue weighted by Crippen LogP contribution is 2.34. The van der Waals surface area contributed by atoms with Gasteiger partial charge in [-0.25, -0.2) is 4.99 Å². The first-order valence-corrected chi connectivity index (χ1v) is 6.46. The molecular weight excluding hydrogens is 277 g/mol. The van der Waals surface area contributed by atoms with Gasteiger partial charge >= 0.3 is 6.18 Å². The smallest absolute Gasteiger partial charge is 0.387 e. The minimum absolute atomic E-state index is 0.00722. The maximum absolute atomic E-state index is 12.6. The fourth-order valence-electron chi connectivity index (χ4n) is 2.26. The van der Waals surface area contributed by atoms with E-state index in [2.05, 4.69) is 4.99 Å². The van der Waals surface area contributed by atoms with Crippen LogP contribution in [0, 0.1) is 5.92 Å². The van der Waals surface area contributed by atoms with Gasteiger partial charge in [-0.2, -0.15) is 13.2 Å². The Bertz CT molecular complexity index is 491. The van der Waals surface area contributed by atoms with Crippen LogP contribution in [0.3, 0.4) is 0 Å². The Balaban J connectivity index is 2.29.